The third kappa shape index (κ3) is 2.75. The number of carbonyl (C=O) groups excluding carboxylic acids is 2. The van der Waals surface area contributed by atoms with Gasteiger partial charge in [-0.15, -0.1) is 0 Å². The molecule has 2 atom stereocenters. The monoisotopic (exact) mass is 361 g/mol. The van der Waals surface area contributed by atoms with E-state index < -0.39 is 0 Å². The molecule has 2 amide bonds. The number of amides is 2. The lowest BCUT2D eigenvalue weighted by Crippen LogP contribution is -2.43. The fourth-order valence-corrected chi connectivity index (χ4v) is 3.99. The number of rotatable bonds is 2. The van der Waals surface area contributed by atoms with Gasteiger partial charge in [0.15, 0.2) is 5.65 Å². The number of benzene rings is 1. The van der Waals surface area contributed by atoms with E-state index in [1.54, 1.807) is 23.5 Å². The molecule has 0 radical (unpaired) electrons. The van der Waals surface area contributed by atoms with Crippen LogP contribution in [0.4, 0.5) is 0 Å². The van der Waals surface area contributed by atoms with Gasteiger partial charge in [0.05, 0.1) is 11.5 Å². The van der Waals surface area contributed by atoms with Gasteiger partial charge >= 0.3 is 0 Å². The molecule has 2 aromatic heterocycles. The maximum Gasteiger partial charge on any atom is 0.255 e. The van der Waals surface area contributed by atoms with Crippen LogP contribution in [0.2, 0.25) is 0 Å². The minimum absolute atomic E-state index is 0.0502. The Hall–Kier alpha value is -3.22. The summed E-state index contributed by atoms with van der Waals surface area (Å²) < 4.78 is 1.90. The topological polar surface area (TPSA) is 80.1 Å². The Balaban J connectivity index is 1.45. The van der Waals surface area contributed by atoms with Crippen molar-refractivity contribution in [3.8, 4) is 5.69 Å². The lowest BCUT2D eigenvalue weighted by Gasteiger charge is -2.22. The first kappa shape index (κ1) is 16.0. The van der Waals surface area contributed by atoms with Gasteiger partial charge in [-0.2, -0.15) is 0 Å². The number of piperidine rings is 1. The quantitative estimate of drug-likeness (QED) is 0.754. The van der Waals surface area contributed by atoms with Crippen LogP contribution in [0, 0.1) is 5.92 Å². The standard InChI is InChI=1S/C20H19N5O2/c26-19-13-6-7-15(23-19)11-24(10-13)20(27)14-8-17-18(21-9-14)25(12-22-17)16-4-2-1-3-5-16/h1-5,8-9,12-13,15H,6-7,10-11H2,(H,23,26)/t13-,15+/m1/s1. The average molecular weight is 361 g/mol. The summed E-state index contributed by atoms with van der Waals surface area (Å²) in [5.41, 5.74) is 2.87. The molecule has 3 fully saturated rings. The number of hydrogen-bond donors (Lipinski definition) is 1. The molecule has 0 spiro atoms. The van der Waals surface area contributed by atoms with E-state index in [9.17, 15) is 9.59 Å². The zero-order valence-corrected chi connectivity index (χ0v) is 14.7. The summed E-state index contributed by atoms with van der Waals surface area (Å²) in [4.78, 5) is 35.7. The van der Waals surface area contributed by atoms with Crippen molar-refractivity contribution < 1.29 is 9.59 Å². The number of fused-ring (bicyclic) bond motifs is 5. The van der Waals surface area contributed by atoms with Gasteiger partial charge in [-0.3, -0.25) is 14.2 Å². The molecule has 5 heterocycles. The predicted molar refractivity (Wildman–Crippen MR) is 99.4 cm³/mol. The predicted octanol–water partition coefficient (Wildman–Crippen LogP) is 1.77. The second-order valence-electron chi connectivity index (χ2n) is 7.21. The Morgan fingerprint density at radius 3 is 2.78 bits per heavy atom. The molecule has 3 saturated heterocycles. The molecule has 3 aliphatic rings. The minimum atomic E-state index is -0.110. The summed E-state index contributed by atoms with van der Waals surface area (Å²) in [6.07, 6.45) is 5.10. The summed E-state index contributed by atoms with van der Waals surface area (Å²) >= 11 is 0. The number of imidazole rings is 1. The van der Waals surface area contributed by atoms with Crippen LogP contribution in [0.25, 0.3) is 16.9 Å². The van der Waals surface area contributed by atoms with E-state index >= 15 is 0 Å². The molecule has 3 aromatic rings. The molecule has 0 aliphatic carbocycles. The van der Waals surface area contributed by atoms with Gasteiger partial charge in [0.25, 0.3) is 5.91 Å². The molecule has 1 aromatic carbocycles. The number of aromatic nitrogens is 3. The molecular formula is C20H19N5O2. The molecule has 3 aliphatic heterocycles. The van der Waals surface area contributed by atoms with Crippen LogP contribution in [0.3, 0.4) is 0 Å². The summed E-state index contributed by atoms with van der Waals surface area (Å²) in [6.45, 7) is 1.02. The van der Waals surface area contributed by atoms with Crippen LogP contribution < -0.4 is 5.32 Å². The maximum absolute atomic E-state index is 13.0. The molecule has 6 rings (SSSR count). The van der Waals surface area contributed by atoms with Crippen LogP contribution in [0.5, 0.6) is 0 Å². The van der Waals surface area contributed by atoms with E-state index in [0.717, 1.165) is 18.5 Å². The first-order valence-electron chi connectivity index (χ1n) is 9.17. The van der Waals surface area contributed by atoms with Crippen LogP contribution in [0.15, 0.2) is 48.9 Å². The van der Waals surface area contributed by atoms with Gasteiger partial charge < -0.3 is 10.2 Å². The molecule has 7 heteroatoms. The molecular weight excluding hydrogens is 342 g/mol. The zero-order valence-electron chi connectivity index (χ0n) is 14.7. The van der Waals surface area contributed by atoms with Crippen LogP contribution in [-0.2, 0) is 4.79 Å². The van der Waals surface area contributed by atoms with Crippen LogP contribution in [0.1, 0.15) is 23.2 Å². The van der Waals surface area contributed by atoms with Gasteiger partial charge in [-0.05, 0) is 31.0 Å². The van der Waals surface area contributed by atoms with Gasteiger partial charge in [0, 0.05) is 31.0 Å². The first-order valence-corrected chi connectivity index (χ1v) is 9.17. The highest BCUT2D eigenvalue weighted by molar-refractivity contribution is 5.97. The van der Waals surface area contributed by atoms with E-state index in [1.807, 2.05) is 34.9 Å². The molecule has 1 N–H and O–H groups in total. The molecule has 7 nitrogen and oxygen atoms in total. The fourth-order valence-electron chi connectivity index (χ4n) is 3.99. The molecule has 0 unspecified atom stereocenters. The minimum Gasteiger partial charge on any atom is -0.351 e. The Morgan fingerprint density at radius 1 is 1.11 bits per heavy atom. The van der Waals surface area contributed by atoms with E-state index in [0.29, 0.717) is 29.8 Å². The van der Waals surface area contributed by atoms with E-state index in [2.05, 4.69) is 15.3 Å². The van der Waals surface area contributed by atoms with Crippen LogP contribution in [-0.4, -0.2) is 50.4 Å². The Labute approximate surface area is 156 Å². The fraction of sp³-hybridized carbons (Fsp3) is 0.300. The number of pyridine rings is 1. The van der Waals surface area contributed by atoms with Crippen molar-refractivity contribution in [1.29, 1.82) is 0 Å². The van der Waals surface area contributed by atoms with E-state index in [4.69, 9.17) is 0 Å². The van der Waals surface area contributed by atoms with Crippen molar-refractivity contribution in [3.63, 3.8) is 0 Å². The Kier molecular flexibility index (Phi) is 3.67. The Bertz CT molecular complexity index is 1030. The van der Waals surface area contributed by atoms with E-state index in [-0.39, 0.29) is 23.8 Å². The lowest BCUT2D eigenvalue weighted by molar-refractivity contribution is -0.126. The van der Waals surface area contributed by atoms with Gasteiger partial charge in [-0.1, -0.05) is 18.2 Å². The first-order chi connectivity index (χ1) is 13.2. The van der Waals surface area contributed by atoms with Crippen molar-refractivity contribution in [3.05, 3.63) is 54.5 Å². The second-order valence-corrected chi connectivity index (χ2v) is 7.21. The van der Waals surface area contributed by atoms with Crippen molar-refractivity contribution in [1.82, 2.24) is 24.8 Å². The second kappa shape index (κ2) is 6.19. The number of nitrogens with zero attached hydrogens (tertiary/aromatic N) is 4. The SMILES string of the molecule is O=C1N[C@H]2CC[C@@H]1CN(C(=O)c1cnc3c(c1)ncn3-c1ccccc1)C2. The van der Waals surface area contributed by atoms with Gasteiger partial charge in [-0.25, -0.2) is 9.97 Å². The highest BCUT2D eigenvalue weighted by Crippen LogP contribution is 2.24. The lowest BCUT2D eigenvalue weighted by atomic mass is 9.96. The van der Waals surface area contributed by atoms with Gasteiger partial charge in [0.1, 0.15) is 11.8 Å². The van der Waals surface area contributed by atoms with Crippen LogP contribution >= 0.6 is 0 Å². The number of carbonyl (C=O) groups is 2. The summed E-state index contributed by atoms with van der Waals surface area (Å²) in [6, 6.07) is 11.7. The Morgan fingerprint density at radius 2 is 1.96 bits per heavy atom. The zero-order chi connectivity index (χ0) is 18.4. The smallest absolute Gasteiger partial charge is 0.255 e. The third-order valence-electron chi connectivity index (χ3n) is 5.42. The highest BCUT2D eigenvalue weighted by Gasteiger charge is 2.36. The van der Waals surface area contributed by atoms with Crippen molar-refractivity contribution in [2.24, 2.45) is 5.92 Å². The number of hydrogen-bond acceptors (Lipinski definition) is 4. The molecule has 27 heavy (non-hydrogen) atoms. The summed E-state index contributed by atoms with van der Waals surface area (Å²) in [5.74, 6) is -0.134. The average Bonchev–Trinajstić information content (AvgIpc) is 2.92. The third-order valence-corrected chi connectivity index (χ3v) is 5.42. The molecule has 2 bridgehead atoms. The summed E-state index contributed by atoms with van der Waals surface area (Å²) in [5, 5.41) is 3.00. The van der Waals surface area contributed by atoms with Crippen molar-refractivity contribution >= 4 is 23.0 Å². The van der Waals surface area contributed by atoms with E-state index in [1.165, 1.54) is 0 Å². The largest absolute Gasteiger partial charge is 0.351 e. The normalized spacial score (nSPS) is 21.9. The maximum atomic E-state index is 13.0. The van der Waals surface area contributed by atoms with Gasteiger partial charge in [0.2, 0.25) is 5.91 Å². The summed E-state index contributed by atoms with van der Waals surface area (Å²) in [7, 11) is 0. The number of nitrogens with one attached hydrogen (secondary N) is 1. The van der Waals surface area contributed by atoms with Crippen molar-refractivity contribution in [2.45, 2.75) is 18.9 Å². The number of para-hydroxylation sites is 1. The van der Waals surface area contributed by atoms with Crippen molar-refractivity contribution in [2.75, 3.05) is 13.1 Å². The molecule has 0 saturated carbocycles. The highest BCUT2D eigenvalue weighted by atomic mass is 16.2. The molecule has 136 valence electrons.